The molecule has 2 aromatic carbocycles. The van der Waals surface area contributed by atoms with Gasteiger partial charge < -0.3 is 19.5 Å². The number of benzene rings is 2. The molecule has 0 aliphatic carbocycles. The van der Waals surface area contributed by atoms with Crippen molar-refractivity contribution in [1.82, 2.24) is 4.90 Å². The number of carbonyl (C=O) groups excluding carboxylic acids is 1. The first kappa shape index (κ1) is 18.3. The molecule has 0 aliphatic heterocycles. The number of ether oxygens (including phenoxy) is 2. The van der Waals surface area contributed by atoms with E-state index in [2.05, 4.69) is 0 Å². The summed E-state index contributed by atoms with van der Waals surface area (Å²) < 4.78 is 10.3. The Kier molecular flexibility index (Phi) is 6.00. The van der Waals surface area contributed by atoms with Gasteiger partial charge in [0.1, 0.15) is 17.5 Å². The highest BCUT2D eigenvalue weighted by molar-refractivity contribution is 5.97. The number of nitrogens with zero attached hydrogens (tertiary/aromatic N) is 1. The second-order valence-electron chi connectivity index (χ2n) is 5.56. The van der Waals surface area contributed by atoms with Gasteiger partial charge in [0.05, 0.1) is 14.2 Å². The van der Waals surface area contributed by atoms with Crippen LogP contribution < -0.4 is 9.47 Å². The molecule has 0 fully saturated rings. The van der Waals surface area contributed by atoms with Crippen LogP contribution >= 0.6 is 0 Å². The van der Waals surface area contributed by atoms with Crippen LogP contribution in [0, 0.1) is 0 Å². The van der Waals surface area contributed by atoms with Crippen molar-refractivity contribution >= 4 is 11.9 Å². The molecule has 0 radical (unpaired) electrons. The molecule has 6 nitrogen and oxygen atoms in total. The normalized spacial score (nSPS) is 11.5. The summed E-state index contributed by atoms with van der Waals surface area (Å²) in [4.78, 5) is 25.7. The fraction of sp³-hybridized carbons (Fsp3) is 0.263. The standard InChI is InChI=1S/C19H21NO5/c1-20(17(19(22)23)9-13-7-5-4-6-8-13)18(21)14-10-15(24-2)12-16(11-14)25-3/h4-8,10-12,17H,9H2,1-3H3,(H,22,23). The molecule has 1 N–H and O–H groups in total. The van der Waals surface area contributed by atoms with Crippen LogP contribution in [0.25, 0.3) is 0 Å². The van der Waals surface area contributed by atoms with E-state index in [1.54, 1.807) is 18.2 Å². The number of likely N-dealkylation sites (N-methyl/N-ethyl adjacent to an activating group) is 1. The van der Waals surface area contributed by atoms with Gasteiger partial charge in [-0.1, -0.05) is 30.3 Å². The number of carboxylic acids is 1. The number of hydrogen-bond donors (Lipinski definition) is 1. The van der Waals surface area contributed by atoms with Gasteiger partial charge in [0.25, 0.3) is 5.91 Å². The lowest BCUT2D eigenvalue weighted by molar-refractivity contribution is -0.141. The smallest absolute Gasteiger partial charge is 0.326 e. The minimum atomic E-state index is -1.06. The van der Waals surface area contributed by atoms with Crippen LogP contribution in [-0.4, -0.2) is 49.2 Å². The highest BCUT2D eigenvalue weighted by atomic mass is 16.5. The van der Waals surface area contributed by atoms with Gasteiger partial charge in [-0.25, -0.2) is 4.79 Å². The highest BCUT2D eigenvalue weighted by Gasteiger charge is 2.28. The topological polar surface area (TPSA) is 76.1 Å². The summed E-state index contributed by atoms with van der Waals surface area (Å²) in [5.74, 6) is -0.549. The van der Waals surface area contributed by atoms with Gasteiger partial charge in [-0.3, -0.25) is 4.79 Å². The molecule has 1 atom stereocenters. The van der Waals surface area contributed by atoms with Crippen LogP contribution in [0.5, 0.6) is 11.5 Å². The van der Waals surface area contributed by atoms with Crippen molar-refractivity contribution in [2.75, 3.05) is 21.3 Å². The first-order valence-corrected chi connectivity index (χ1v) is 7.73. The second kappa shape index (κ2) is 8.19. The van der Waals surface area contributed by atoms with Gasteiger partial charge in [-0.05, 0) is 17.7 Å². The summed E-state index contributed by atoms with van der Waals surface area (Å²) >= 11 is 0. The average molecular weight is 343 g/mol. The third-order valence-electron chi connectivity index (χ3n) is 3.94. The Morgan fingerprint density at radius 1 is 1.04 bits per heavy atom. The lowest BCUT2D eigenvalue weighted by atomic mass is 10.0. The molecule has 132 valence electrons. The molecule has 0 bridgehead atoms. The fourth-order valence-electron chi connectivity index (χ4n) is 2.50. The molecular formula is C19H21NO5. The van der Waals surface area contributed by atoms with E-state index in [1.807, 2.05) is 30.3 Å². The maximum absolute atomic E-state index is 12.8. The molecule has 0 aromatic heterocycles. The summed E-state index contributed by atoms with van der Waals surface area (Å²) in [6, 6.07) is 13.0. The first-order chi connectivity index (χ1) is 12.0. The fourth-order valence-corrected chi connectivity index (χ4v) is 2.50. The van der Waals surface area contributed by atoms with E-state index in [-0.39, 0.29) is 6.42 Å². The van der Waals surface area contributed by atoms with Crippen molar-refractivity contribution < 1.29 is 24.2 Å². The Bertz CT molecular complexity index is 722. The first-order valence-electron chi connectivity index (χ1n) is 7.73. The van der Waals surface area contributed by atoms with E-state index in [0.717, 1.165) is 5.56 Å². The Labute approximate surface area is 146 Å². The Morgan fingerprint density at radius 2 is 1.60 bits per heavy atom. The lowest BCUT2D eigenvalue weighted by Gasteiger charge is -2.25. The van der Waals surface area contributed by atoms with Crippen LogP contribution in [0.3, 0.4) is 0 Å². The molecule has 2 aromatic rings. The zero-order chi connectivity index (χ0) is 18.4. The van der Waals surface area contributed by atoms with E-state index in [1.165, 1.54) is 26.2 Å². The molecular weight excluding hydrogens is 322 g/mol. The number of aliphatic carboxylic acids is 1. The number of methoxy groups -OCH3 is 2. The van der Waals surface area contributed by atoms with Crippen LogP contribution in [0.4, 0.5) is 0 Å². The number of hydrogen-bond acceptors (Lipinski definition) is 4. The quantitative estimate of drug-likeness (QED) is 0.836. The maximum Gasteiger partial charge on any atom is 0.326 e. The van der Waals surface area contributed by atoms with Crippen molar-refractivity contribution in [2.45, 2.75) is 12.5 Å². The third kappa shape index (κ3) is 4.50. The zero-order valence-corrected chi connectivity index (χ0v) is 14.4. The van der Waals surface area contributed by atoms with Gasteiger partial charge in [0.15, 0.2) is 0 Å². The summed E-state index contributed by atoms with van der Waals surface area (Å²) in [6.45, 7) is 0. The van der Waals surface area contributed by atoms with Crippen molar-refractivity contribution in [3.05, 3.63) is 59.7 Å². The molecule has 0 spiro atoms. The van der Waals surface area contributed by atoms with Gasteiger partial charge in [-0.15, -0.1) is 0 Å². The average Bonchev–Trinajstić information content (AvgIpc) is 2.65. The molecule has 1 amide bonds. The molecule has 0 aliphatic rings. The van der Waals surface area contributed by atoms with Crippen LogP contribution in [0.2, 0.25) is 0 Å². The van der Waals surface area contributed by atoms with Gasteiger partial charge >= 0.3 is 5.97 Å². The molecule has 0 heterocycles. The summed E-state index contributed by atoms with van der Waals surface area (Å²) in [6.07, 6.45) is 0.222. The van der Waals surface area contributed by atoms with Crippen LogP contribution in [0.1, 0.15) is 15.9 Å². The molecule has 6 heteroatoms. The van der Waals surface area contributed by atoms with Gasteiger partial charge in [0.2, 0.25) is 0 Å². The third-order valence-corrected chi connectivity index (χ3v) is 3.94. The minimum Gasteiger partial charge on any atom is -0.497 e. The van der Waals surface area contributed by atoms with E-state index in [9.17, 15) is 14.7 Å². The van der Waals surface area contributed by atoms with Gasteiger partial charge in [-0.2, -0.15) is 0 Å². The van der Waals surface area contributed by atoms with Crippen LogP contribution in [-0.2, 0) is 11.2 Å². The van der Waals surface area contributed by atoms with E-state index >= 15 is 0 Å². The monoisotopic (exact) mass is 343 g/mol. The Hall–Kier alpha value is -3.02. The Morgan fingerprint density at radius 3 is 2.08 bits per heavy atom. The van der Waals surface area contributed by atoms with Crippen molar-refractivity contribution in [1.29, 1.82) is 0 Å². The summed E-state index contributed by atoms with van der Waals surface area (Å²) in [7, 11) is 4.46. The van der Waals surface area contributed by atoms with E-state index in [4.69, 9.17) is 9.47 Å². The van der Waals surface area contributed by atoms with Crippen molar-refractivity contribution in [2.24, 2.45) is 0 Å². The van der Waals surface area contributed by atoms with Crippen molar-refractivity contribution in [3.63, 3.8) is 0 Å². The molecule has 0 saturated heterocycles. The van der Waals surface area contributed by atoms with Gasteiger partial charge in [0, 0.05) is 25.1 Å². The van der Waals surface area contributed by atoms with E-state index < -0.39 is 17.9 Å². The Balaban J connectivity index is 2.28. The highest BCUT2D eigenvalue weighted by Crippen LogP contribution is 2.24. The predicted molar refractivity (Wildman–Crippen MR) is 93.2 cm³/mol. The lowest BCUT2D eigenvalue weighted by Crippen LogP contribution is -2.43. The molecule has 1 unspecified atom stereocenters. The van der Waals surface area contributed by atoms with Crippen molar-refractivity contribution in [3.8, 4) is 11.5 Å². The van der Waals surface area contributed by atoms with Crippen LogP contribution in [0.15, 0.2) is 48.5 Å². The largest absolute Gasteiger partial charge is 0.497 e. The molecule has 2 rings (SSSR count). The van der Waals surface area contributed by atoms with E-state index in [0.29, 0.717) is 17.1 Å². The number of rotatable bonds is 7. The minimum absolute atomic E-state index is 0.222. The number of carbonyl (C=O) groups is 2. The summed E-state index contributed by atoms with van der Waals surface area (Å²) in [5, 5.41) is 9.56. The second-order valence-corrected chi connectivity index (χ2v) is 5.56. The predicted octanol–water partition coefficient (Wildman–Crippen LogP) is 2.47. The number of amides is 1. The maximum atomic E-state index is 12.8. The summed E-state index contributed by atoms with van der Waals surface area (Å²) in [5.41, 5.74) is 1.15. The molecule has 0 saturated carbocycles. The SMILES string of the molecule is COc1cc(OC)cc(C(=O)N(C)C(Cc2ccccc2)C(=O)O)c1. The zero-order valence-electron chi connectivity index (χ0n) is 14.4. The number of carboxylic acid groups (broad SMARTS) is 1. The molecule has 25 heavy (non-hydrogen) atoms.